The predicted molar refractivity (Wildman–Crippen MR) is 74.8 cm³/mol. The van der Waals surface area contributed by atoms with Gasteiger partial charge in [0, 0.05) is 12.5 Å². The van der Waals surface area contributed by atoms with E-state index in [1.54, 1.807) is 0 Å². The van der Waals surface area contributed by atoms with E-state index in [9.17, 15) is 0 Å². The molecular formula is C15H19N3. The van der Waals surface area contributed by atoms with Gasteiger partial charge in [0.05, 0.1) is 11.0 Å². The quantitative estimate of drug-likeness (QED) is 0.837. The van der Waals surface area contributed by atoms with Gasteiger partial charge in [0.25, 0.3) is 0 Å². The van der Waals surface area contributed by atoms with Crippen LogP contribution in [-0.4, -0.2) is 22.6 Å². The van der Waals surface area contributed by atoms with Gasteiger partial charge in [0.2, 0.25) is 0 Å². The lowest BCUT2D eigenvalue weighted by atomic mass is 9.97. The molecule has 0 amide bonds. The van der Waals surface area contributed by atoms with E-state index in [4.69, 9.17) is 4.98 Å². The second kappa shape index (κ2) is 4.94. The number of aromatic nitrogens is 2. The highest BCUT2D eigenvalue weighted by Crippen LogP contribution is 2.28. The molecule has 2 aromatic rings. The molecule has 0 aliphatic carbocycles. The number of benzene rings is 1. The molecule has 1 aromatic heterocycles. The van der Waals surface area contributed by atoms with Gasteiger partial charge in [0.15, 0.2) is 0 Å². The summed E-state index contributed by atoms with van der Waals surface area (Å²) in [6.07, 6.45) is 4.32. The SMILES string of the molecule is C=CCn1c(C2CCNCC2)nc2ccccc21. The van der Waals surface area contributed by atoms with Crippen LogP contribution in [0, 0.1) is 0 Å². The largest absolute Gasteiger partial charge is 0.324 e. The van der Waals surface area contributed by atoms with Crippen LogP contribution in [0.15, 0.2) is 36.9 Å². The van der Waals surface area contributed by atoms with Gasteiger partial charge in [-0.25, -0.2) is 4.98 Å². The third-order valence-corrected chi connectivity index (χ3v) is 3.70. The lowest BCUT2D eigenvalue weighted by molar-refractivity contribution is 0.436. The Kier molecular flexibility index (Phi) is 3.15. The molecule has 3 rings (SSSR count). The molecule has 2 heterocycles. The molecule has 1 aliphatic heterocycles. The smallest absolute Gasteiger partial charge is 0.113 e. The number of rotatable bonds is 3. The third-order valence-electron chi connectivity index (χ3n) is 3.70. The van der Waals surface area contributed by atoms with Crippen LogP contribution in [0.4, 0.5) is 0 Å². The summed E-state index contributed by atoms with van der Waals surface area (Å²) in [5, 5.41) is 3.41. The highest BCUT2D eigenvalue weighted by Gasteiger charge is 2.21. The van der Waals surface area contributed by atoms with Gasteiger partial charge in [-0.3, -0.25) is 0 Å². The molecule has 1 N–H and O–H groups in total. The standard InChI is InChI=1S/C15H19N3/c1-2-11-18-14-6-4-3-5-13(14)17-15(18)12-7-9-16-10-8-12/h2-6,12,16H,1,7-11H2. The first-order valence-corrected chi connectivity index (χ1v) is 6.67. The van der Waals surface area contributed by atoms with E-state index in [0.717, 1.165) is 25.2 Å². The summed E-state index contributed by atoms with van der Waals surface area (Å²) in [7, 11) is 0. The van der Waals surface area contributed by atoms with Gasteiger partial charge < -0.3 is 9.88 Å². The summed E-state index contributed by atoms with van der Waals surface area (Å²) in [4.78, 5) is 4.84. The number of hydrogen-bond donors (Lipinski definition) is 1. The zero-order valence-electron chi connectivity index (χ0n) is 10.6. The highest BCUT2D eigenvalue weighted by molar-refractivity contribution is 5.76. The second-order valence-corrected chi connectivity index (χ2v) is 4.88. The fraction of sp³-hybridized carbons (Fsp3) is 0.400. The average molecular weight is 241 g/mol. The monoisotopic (exact) mass is 241 g/mol. The van der Waals surface area contributed by atoms with Crippen LogP contribution in [0.25, 0.3) is 11.0 Å². The maximum absolute atomic E-state index is 4.84. The van der Waals surface area contributed by atoms with Gasteiger partial charge in [-0.2, -0.15) is 0 Å². The second-order valence-electron chi connectivity index (χ2n) is 4.88. The van der Waals surface area contributed by atoms with E-state index in [1.807, 2.05) is 6.08 Å². The van der Waals surface area contributed by atoms with E-state index in [1.165, 1.54) is 24.2 Å². The Morgan fingerprint density at radius 2 is 2.11 bits per heavy atom. The summed E-state index contributed by atoms with van der Waals surface area (Å²) >= 11 is 0. The molecule has 0 spiro atoms. The summed E-state index contributed by atoms with van der Waals surface area (Å²) in [6, 6.07) is 8.38. The minimum Gasteiger partial charge on any atom is -0.324 e. The van der Waals surface area contributed by atoms with Crippen molar-refractivity contribution in [2.75, 3.05) is 13.1 Å². The predicted octanol–water partition coefficient (Wildman–Crippen LogP) is 2.69. The van der Waals surface area contributed by atoms with Crippen LogP contribution < -0.4 is 5.32 Å². The number of nitrogens with zero attached hydrogens (tertiary/aromatic N) is 2. The van der Waals surface area contributed by atoms with Crippen molar-refractivity contribution in [3.63, 3.8) is 0 Å². The Labute approximate surface area is 108 Å². The van der Waals surface area contributed by atoms with Gasteiger partial charge in [0.1, 0.15) is 5.82 Å². The van der Waals surface area contributed by atoms with Crippen LogP contribution in [0.2, 0.25) is 0 Å². The minimum absolute atomic E-state index is 0.582. The van der Waals surface area contributed by atoms with Gasteiger partial charge >= 0.3 is 0 Å². The Hall–Kier alpha value is -1.61. The molecule has 1 aromatic carbocycles. The van der Waals surface area contributed by atoms with E-state index >= 15 is 0 Å². The molecule has 1 saturated heterocycles. The van der Waals surface area contributed by atoms with Crippen LogP contribution in [0.1, 0.15) is 24.6 Å². The molecule has 0 atom stereocenters. The number of allylic oxidation sites excluding steroid dienone is 1. The summed E-state index contributed by atoms with van der Waals surface area (Å²) in [6.45, 7) is 6.91. The van der Waals surface area contributed by atoms with E-state index in [-0.39, 0.29) is 0 Å². The molecule has 3 nitrogen and oxygen atoms in total. The van der Waals surface area contributed by atoms with Gasteiger partial charge in [-0.1, -0.05) is 18.2 Å². The number of hydrogen-bond acceptors (Lipinski definition) is 2. The minimum atomic E-state index is 0.582. The number of fused-ring (bicyclic) bond motifs is 1. The normalized spacial score (nSPS) is 17.1. The molecule has 94 valence electrons. The van der Waals surface area contributed by atoms with Gasteiger partial charge in [-0.15, -0.1) is 6.58 Å². The molecule has 18 heavy (non-hydrogen) atoms. The fourth-order valence-corrected chi connectivity index (χ4v) is 2.81. The van der Waals surface area contributed by atoms with Crippen molar-refractivity contribution in [2.45, 2.75) is 25.3 Å². The first-order chi connectivity index (χ1) is 8.90. The molecule has 1 fully saturated rings. The Balaban J connectivity index is 2.08. The summed E-state index contributed by atoms with van der Waals surface area (Å²) in [5.41, 5.74) is 2.33. The van der Waals surface area contributed by atoms with Crippen LogP contribution in [0.5, 0.6) is 0 Å². The maximum atomic E-state index is 4.84. The van der Waals surface area contributed by atoms with Gasteiger partial charge in [-0.05, 0) is 38.1 Å². The van der Waals surface area contributed by atoms with Crippen molar-refractivity contribution >= 4 is 11.0 Å². The van der Waals surface area contributed by atoms with Crippen molar-refractivity contribution in [3.05, 3.63) is 42.7 Å². The zero-order valence-corrected chi connectivity index (χ0v) is 10.6. The van der Waals surface area contributed by atoms with Crippen LogP contribution in [0.3, 0.4) is 0 Å². The summed E-state index contributed by atoms with van der Waals surface area (Å²) < 4.78 is 2.32. The number of para-hydroxylation sites is 2. The maximum Gasteiger partial charge on any atom is 0.113 e. The first kappa shape index (κ1) is 11.5. The van der Waals surface area contributed by atoms with Crippen molar-refractivity contribution in [2.24, 2.45) is 0 Å². The lowest BCUT2D eigenvalue weighted by Gasteiger charge is -2.22. The van der Waals surface area contributed by atoms with Crippen molar-refractivity contribution in [3.8, 4) is 0 Å². The highest BCUT2D eigenvalue weighted by atomic mass is 15.1. The van der Waals surface area contributed by atoms with Crippen molar-refractivity contribution in [1.29, 1.82) is 0 Å². The topological polar surface area (TPSA) is 29.9 Å². The fourth-order valence-electron chi connectivity index (χ4n) is 2.81. The molecular weight excluding hydrogens is 222 g/mol. The average Bonchev–Trinajstić information content (AvgIpc) is 2.80. The Bertz CT molecular complexity index is 550. The molecule has 0 saturated carbocycles. The van der Waals surface area contributed by atoms with E-state index in [2.05, 4.69) is 40.7 Å². The number of imidazole rings is 1. The third kappa shape index (κ3) is 1.95. The van der Waals surface area contributed by atoms with Crippen molar-refractivity contribution < 1.29 is 0 Å². The molecule has 1 aliphatic rings. The Morgan fingerprint density at radius 1 is 1.33 bits per heavy atom. The Morgan fingerprint density at radius 3 is 2.89 bits per heavy atom. The number of piperidine rings is 1. The molecule has 3 heteroatoms. The van der Waals surface area contributed by atoms with E-state index < -0.39 is 0 Å². The summed E-state index contributed by atoms with van der Waals surface area (Å²) in [5.74, 6) is 1.82. The van der Waals surface area contributed by atoms with Crippen molar-refractivity contribution in [1.82, 2.24) is 14.9 Å². The molecule has 0 bridgehead atoms. The molecule has 0 unspecified atom stereocenters. The van der Waals surface area contributed by atoms with Crippen LogP contribution in [-0.2, 0) is 6.54 Å². The number of nitrogens with one attached hydrogen (secondary N) is 1. The van der Waals surface area contributed by atoms with E-state index in [0.29, 0.717) is 5.92 Å². The molecule has 0 radical (unpaired) electrons. The first-order valence-electron chi connectivity index (χ1n) is 6.67. The zero-order chi connectivity index (χ0) is 12.4. The lowest BCUT2D eigenvalue weighted by Crippen LogP contribution is -2.28. The van der Waals surface area contributed by atoms with Crippen LogP contribution >= 0.6 is 0 Å².